The van der Waals surface area contributed by atoms with Gasteiger partial charge >= 0.3 is 0 Å². The first-order valence-electron chi connectivity index (χ1n) is 9.02. The molecule has 2 aromatic rings. The van der Waals surface area contributed by atoms with E-state index in [0.717, 1.165) is 15.5 Å². The molecule has 0 spiro atoms. The molecule has 0 aliphatic carbocycles. The number of amides is 2. The maximum Gasteiger partial charge on any atom is 0.244 e. The van der Waals surface area contributed by atoms with Crippen LogP contribution in [0.5, 0.6) is 0 Å². The molecule has 1 N–H and O–H groups in total. The molecule has 0 aromatic heterocycles. The molecular weight excluding hydrogens is 477 g/mol. The highest BCUT2D eigenvalue weighted by Gasteiger charge is 2.30. The van der Waals surface area contributed by atoms with Crippen molar-refractivity contribution < 1.29 is 22.4 Å². The smallest absolute Gasteiger partial charge is 0.244 e. The number of hydrogen-bond donors (Lipinski definition) is 1. The van der Waals surface area contributed by atoms with Crippen LogP contribution in [0.25, 0.3) is 0 Å². The van der Waals surface area contributed by atoms with E-state index in [-0.39, 0.29) is 12.1 Å². The molecule has 162 valence electrons. The minimum Gasteiger partial charge on any atom is -0.357 e. The Morgan fingerprint density at radius 3 is 2.40 bits per heavy atom. The zero-order valence-corrected chi connectivity index (χ0v) is 19.2. The first kappa shape index (κ1) is 23.8. The topological polar surface area (TPSA) is 86.8 Å². The average molecular weight is 500 g/mol. The number of nitrogens with zero attached hydrogens (tertiary/aromatic N) is 2. The summed E-state index contributed by atoms with van der Waals surface area (Å²) in [7, 11) is -2.38. The van der Waals surface area contributed by atoms with Crippen LogP contribution in [0.4, 0.5) is 10.1 Å². The van der Waals surface area contributed by atoms with Crippen molar-refractivity contribution in [1.82, 2.24) is 10.2 Å². The van der Waals surface area contributed by atoms with Crippen LogP contribution in [0.15, 0.2) is 53.0 Å². The van der Waals surface area contributed by atoms with Crippen LogP contribution in [0, 0.1) is 5.82 Å². The average Bonchev–Trinajstić information content (AvgIpc) is 2.69. The van der Waals surface area contributed by atoms with Crippen LogP contribution in [0.1, 0.15) is 12.5 Å². The number of hydrogen-bond acceptors (Lipinski definition) is 4. The summed E-state index contributed by atoms with van der Waals surface area (Å²) in [6.07, 6.45) is 0.991. The largest absolute Gasteiger partial charge is 0.357 e. The molecule has 0 saturated heterocycles. The van der Waals surface area contributed by atoms with Crippen molar-refractivity contribution in [2.45, 2.75) is 19.5 Å². The van der Waals surface area contributed by atoms with Crippen molar-refractivity contribution in [2.75, 3.05) is 24.2 Å². The molecule has 1 atom stereocenters. The molecule has 10 heteroatoms. The van der Waals surface area contributed by atoms with E-state index in [1.165, 1.54) is 32.2 Å². The second-order valence-electron chi connectivity index (χ2n) is 6.65. The number of anilines is 1. The van der Waals surface area contributed by atoms with E-state index >= 15 is 0 Å². The SMILES string of the molecule is CNC(=O)[C@H](C)N(Cc1ccccc1F)C(=O)CN(c1cccc(Br)c1)S(C)(=O)=O. The maximum atomic E-state index is 14.2. The van der Waals surface area contributed by atoms with Crippen molar-refractivity contribution in [3.63, 3.8) is 0 Å². The molecule has 0 unspecified atom stereocenters. The second kappa shape index (κ2) is 10.0. The van der Waals surface area contributed by atoms with E-state index < -0.39 is 40.2 Å². The Bertz CT molecular complexity index is 1030. The summed E-state index contributed by atoms with van der Waals surface area (Å²) < 4.78 is 40.5. The summed E-state index contributed by atoms with van der Waals surface area (Å²) >= 11 is 3.28. The fraction of sp³-hybridized carbons (Fsp3) is 0.300. The quantitative estimate of drug-likeness (QED) is 0.604. The number of carbonyl (C=O) groups excluding carboxylic acids is 2. The van der Waals surface area contributed by atoms with Gasteiger partial charge in [0.05, 0.1) is 11.9 Å². The predicted molar refractivity (Wildman–Crippen MR) is 117 cm³/mol. The number of likely N-dealkylation sites (N-methyl/N-ethyl adjacent to an activating group) is 1. The molecule has 7 nitrogen and oxygen atoms in total. The minimum atomic E-state index is -3.81. The Kier molecular flexibility index (Phi) is 7.96. The maximum absolute atomic E-state index is 14.2. The van der Waals surface area contributed by atoms with Crippen LogP contribution in [0.3, 0.4) is 0 Å². The first-order valence-corrected chi connectivity index (χ1v) is 11.7. The number of halogens is 2. The summed E-state index contributed by atoms with van der Waals surface area (Å²) in [6, 6.07) is 11.5. The van der Waals surface area contributed by atoms with Gasteiger partial charge in [0.15, 0.2) is 0 Å². The lowest BCUT2D eigenvalue weighted by molar-refractivity contribution is -0.139. The van der Waals surface area contributed by atoms with E-state index in [1.807, 2.05) is 0 Å². The molecule has 0 bridgehead atoms. The Morgan fingerprint density at radius 2 is 1.83 bits per heavy atom. The summed E-state index contributed by atoms with van der Waals surface area (Å²) in [5.74, 6) is -1.61. The van der Waals surface area contributed by atoms with Crippen molar-refractivity contribution in [2.24, 2.45) is 0 Å². The van der Waals surface area contributed by atoms with Crippen LogP contribution in [-0.2, 0) is 26.2 Å². The highest BCUT2D eigenvalue weighted by molar-refractivity contribution is 9.10. The van der Waals surface area contributed by atoms with E-state index in [0.29, 0.717) is 10.2 Å². The molecule has 2 aromatic carbocycles. The number of carbonyl (C=O) groups is 2. The molecule has 0 aliphatic heterocycles. The van der Waals surface area contributed by atoms with Gasteiger partial charge in [0.2, 0.25) is 21.8 Å². The molecule has 0 heterocycles. The fourth-order valence-corrected chi connectivity index (χ4v) is 4.08. The van der Waals surface area contributed by atoms with Gasteiger partial charge < -0.3 is 10.2 Å². The van der Waals surface area contributed by atoms with Crippen LogP contribution in [-0.4, -0.2) is 51.0 Å². The number of nitrogens with one attached hydrogen (secondary N) is 1. The van der Waals surface area contributed by atoms with Crippen LogP contribution < -0.4 is 9.62 Å². The summed E-state index contributed by atoms with van der Waals surface area (Å²) in [6.45, 7) is 0.780. The van der Waals surface area contributed by atoms with E-state index in [2.05, 4.69) is 21.2 Å². The third-order valence-electron chi connectivity index (χ3n) is 4.49. The summed E-state index contributed by atoms with van der Waals surface area (Å²) in [5.41, 5.74) is 0.508. The van der Waals surface area contributed by atoms with Gasteiger partial charge in [-0.05, 0) is 31.2 Å². The molecule has 0 fully saturated rings. The molecular formula is C20H23BrFN3O4S. The zero-order valence-electron chi connectivity index (χ0n) is 16.8. The summed E-state index contributed by atoms with van der Waals surface area (Å²) in [5, 5.41) is 2.46. The third-order valence-corrected chi connectivity index (χ3v) is 6.12. The van der Waals surface area contributed by atoms with Gasteiger partial charge in [-0.15, -0.1) is 0 Å². The molecule has 0 aliphatic rings. The Hall–Kier alpha value is -2.46. The molecule has 0 saturated carbocycles. The predicted octanol–water partition coefficient (Wildman–Crippen LogP) is 2.52. The normalized spacial score (nSPS) is 12.2. The standard InChI is InChI=1S/C20H23BrFN3O4S/c1-14(20(27)23-2)24(12-15-7-4-5-10-18(15)22)19(26)13-25(30(3,28)29)17-9-6-8-16(21)11-17/h4-11,14H,12-13H2,1-3H3,(H,23,27)/t14-/m0/s1. The van der Waals surface area contributed by atoms with Crippen LogP contribution >= 0.6 is 15.9 Å². The van der Waals surface area contributed by atoms with Gasteiger partial charge in [-0.1, -0.05) is 40.2 Å². The van der Waals surface area contributed by atoms with E-state index in [9.17, 15) is 22.4 Å². The van der Waals surface area contributed by atoms with Gasteiger partial charge in [-0.2, -0.15) is 0 Å². The number of sulfonamides is 1. The van der Waals surface area contributed by atoms with Crippen molar-refractivity contribution in [1.29, 1.82) is 0 Å². The van der Waals surface area contributed by atoms with Gasteiger partial charge in [0.1, 0.15) is 18.4 Å². The van der Waals surface area contributed by atoms with Crippen LogP contribution in [0.2, 0.25) is 0 Å². The fourth-order valence-electron chi connectivity index (χ4n) is 2.85. The zero-order chi connectivity index (χ0) is 22.5. The van der Waals surface area contributed by atoms with Crippen molar-refractivity contribution in [3.05, 3.63) is 64.4 Å². The lowest BCUT2D eigenvalue weighted by Crippen LogP contribution is -2.50. The van der Waals surface area contributed by atoms with Gasteiger partial charge in [0, 0.05) is 23.6 Å². The van der Waals surface area contributed by atoms with Gasteiger partial charge in [-0.25, -0.2) is 12.8 Å². The van der Waals surface area contributed by atoms with E-state index in [4.69, 9.17) is 0 Å². The molecule has 2 amide bonds. The molecule has 2 rings (SSSR count). The number of benzene rings is 2. The monoisotopic (exact) mass is 499 g/mol. The van der Waals surface area contributed by atoms with E-state index in [1.54, 1.807) is 30.3 Å². The highest BCUT2D eigenvalue weighted by atomic mass is 79.9. The third kappa shape index (κ3) is 6.02. The Morgan fingerprint density at radius 1 is 1.17 bits per heavy atom. The molecule has 30 heavy (non-hydrogen) atoms. The van der Waals surface area contributed by atoms with Gasteiger partial charge in [-0.3, -0.25) is 13.9 Å². The van der Waals surface area contributed by atoms with Crippen molar-refractivity contribution in [3.8, 4) is 0 Å². The minimum absolute atomic E-state index is 0.184. The number of rotatable bonds is 8. The Balaban J connectivity index is 2.40. The Labute approximate surface area is 184 Å². The second-order valence-corrected chi connectivity index (χ2v) is 9.48. The lowest BCUT2D eigenvalue weighted by Gasteiger charge is -2.31. The van der Waals surface area contributed by atoms with Crippen molar-refractivity contribution >= 4 is 43.5 Å². The highest BCUT2D eigenvalue weighted by Crippen LogP contribution is 2.23. The lowest BCUT2D eigenvalue weighted by atomic mass is 10.1. The summed E-state index contributed by atoms with van der Waals surface area (Å²) in [4.78, 5) is 26.5. The van der Waals surface area contributed by atoms with Gasteiger partial charge in [0.25, 0.3) is 0 Å². The molecule has 0 radical (unpaired) electrons. The first-order chi connectivity index (χ1) is 14.0.